The zero-order valence-corrected chi connectivity index (χ0v) is 23.5. The van der Waals surface area contributed by atoms with Gasteiger partial charge in [0, 0.05) is 21.9 Å². The molecule has 2 heterocycles. The van der Waals surface area contributed by atoms with Crippen molar-refractivity contribution in [3.05, 3.63) is 16.6 Å². The van der Waals surface area contributed by atoms with E-state index in [1.54, 1.807) is 37.8 Å². The van der Waals surface area contributed by atoms with Gasteiger partial charge in [0.1, 0.15) is 12.1 Å². The van der Waals surface area contributed by atoms with Gasteiger partial charge in [0.25, 0.3) is 5.91 Å². The number of nitrogens with zero attached hydrogens (tertiary/aromatic N) is 2. The minimum absolute atomic E-state index is 0.00479. The largest absolute Gasteiger partial charge is 0.490 e. The maximum Gasteiger partial charge on any atom is 0.408 e. The summed E-state index contributed by atoms with van der Waals surface area (Å²) in [5, 5.41) is 2.48. The molecule has 13 heteroatoms. The summed E-state index contributed by atoms with van der Waals surface area (Å²) >= 11 is 4.80. The molecule has 1 aromatic carbocycles. The number of fused-ring (bicyclic) bond motifs is 1. The van der Waals surface area contributed by atoms with Crippen LogP contribution in [0.25, 0.3) is 0 Å². The number of amidine groups is 1. The van der Waals surface area contributed by atoms with E-state index in [1.807, 2.05) is 13.8 Å². The van der Waals surface area contributed by atoms with E-state index in [9.17, 15) is 18.0 Å². The van der Waals surface area contributed by atoms with E-state index in [0.717, 1.165) is 0 Å². The average molecular weight is 593 g/mol. The van der Waals surface area contributed by atoms with Gasteiger partial charge >= 0.3 is 6.09 Å². The Morgan fingerprint density at radius 1 is 1.17 bits per heavy atom. The highest BCUT2D eigenvalue weighted by atomic mass is 79.9. The number of benzene rings is 1. The van der Waals surface area contributed by atoms with Crippen LogP contribution in [-0.2, 0) is 19.4 Å². The standard InChI is InChI=1S/C22H30BrN3O7S2/c1-6-31-16-8-13(23)14(9-17(16)32-7-2)26-15-11-35(29,30)12-18(15)34-20(26)25-19(27)10-24-21(28)33-22(3,4)5/h8-9,15,18H,6-7,10-12H2,1-5H3,(H,24,28)/t15-,18-/m0/s1. The fourth-order valence-corrected chi connectivity index (χ4v) is 8.14. The lowest BCUT2D eigenvalue weighted by atomic mass is 10.2. The molecule has 10 nitrogen and oxygen atoms in total. The Morgan fingerprint density at radius 2 is 1.80 bits per heavy atom. The average Bonchev–Trinajstić information content (AvgIpc) is 3.18. The molecule has 3 rings (SSSR count). The highest BCUT2D eigenvalue weighted by molar-refractivity contribution is 9.10. The summed E-state index contributed by atoms with van der Waals surface area (Å²) in [5.41, 5.74) is -0.0845. The first-order valence-electron chi connectivity index (χ1n) is 11.2. The second-order valence-corrected chi connectivity index (χ2v) is 13.1. The summed E-state index contributed by atoms with van der Waals surface area (Å²) in [6, 6.07) is 3.11. The number of halogens is 1. The number of rotatable bonds is 7. The summed E-state index contributed by atoms with van der Waals surface area (Å²) in [5.74, 6) is 0.397. The zero-order chi connectivity index (χ0) is 26.0. The molecule has 2 aliphatic rings. The zero-order valence-electron chi connectivity index (χ0n) is 20.3. The summed E-state index contributed by atoms with van der Waals surface area (Å²) in [6.45, 7) is 9.39. The summed E-state index contributed by atoms with van der Waals surface area (Å²) in [6.07, 6.45) is -0.722. The number of hydrogen-bond donors (Lipinski definition) is 1. The van der Waals surface area contributed by atoms with E-state index in [2.05, 4.69) is 26.2 Å². The van der Waals surface area contributed by atoms with Crippen molar-refractivity contribution in [3.8, 4) is 11.5 Å². The van der Waals surface area contributed by atoms with Gasteiger partial charge in [-0.05, 0) is 50.5 Å². The molecule has 2 aliphatic heterocycles. The Bertz CT molecular complexity index is 1120. The summed E-state index contributed by atoms with van der Waals surface area (Å²) in [4.78, 5) is 30.5. The van der Waals surface area contributed by atoms with Crippen molar-refractivity contribution in [2.45, 2.75) is 51.5 Å². The fraction of sp³-hybridized carbons (Fsp3) is 0.591. The third-order valence-electron chi connectivity index (χ3n) is 4.94. The Morgan fingerprint density at radius 3 is 2.40 bits per heavy atom. The third-order valence-corrected chi connectivity index (χ3v) is 8.79. The number of hydrogen-bond acceptors (Lipinski definition) is 8. The monoisotopic (exact) mass is 591 g/mol. The second kappa shape index (κ2) is 11.0. The lowest BCUT2D eigenvalue weighted by Gasteiger charge is -2.27. The molecule has 0 aliphatic carbocycles. The number of sulfone groups is 1. The van der Waals surface area contributed by atoms with E-state index >= 15 is 0 Å². The molecule has 2 fully saturated rings. The normalized spacial score (nSPS) is 22.1. The number of anilines is 1. The number of thioether (sulfide) groups is 1. The highest BCUT2D eigenvalue weighted by Crippen LogP contribution is 2.46. The minimum Gasteiger partial charge on any atom is -0.490 e. The second-order valence-electron chi connectivity index (χ2n) is 8.93. The maximum absolute atomic E-state index is 12.6. The van der Waals surface area contributed by atoms with Crippen molar-refractivity contribution in [2.75, 3.05) is 36.2 Å². The minimum atomic E-state index is -3.23. The van der Waals surface area contributed by atoms with Gasteiger partial charge in [-0.2, -0.15) is 4.99 Å². The van der Waals surface area contributed by atoms with E-state index in [1.165, 1.54) is 11.8 Å². The smallest absolute Gasteiger partial charge is 0.408 e. The molecule has 0 bridgehead atoms. The lowest BCUT2D eigenvalue weighted by molar-refractivity contribution is -0.117. The summed E-state index contributed by atoms with van der Waals surface area (Å²) in [7, 11) is -3.23. The van der Waals surface area contributed by atoms with Gasteiger partial charge in [-0.15, -0.1) is 0 Å². The lowest BCUT2D eigenvalue weighted by Crippen LogP contribution is -2.39. The molecule has 2 amide bonds. The van der Waals surface area contributed by atoms with Gasteiger partial charge in [0.05, 0.1) is 36.4 Å². The van der Waals surface area contributed by atoms with Crippen LogP contribution in [-0.4, -0.2) is 73.7 Å². The Balaban J connectivity index is 1.92. The number of carbonyl (C=O) groups excluding carboxylic acids is 2. The van der Waals surface area contributed by atoms with Crippen LogP contribution in [0, 0.1) is 0 Å². The molecule has 35 heavy (non-hydrogen) atoms. The number of nitrogens with one attached hydrogen (secondary N) is 1. The molecule has 0 spiro atoms. The van der Waals surface area contributed by atoms with Crippen molar-refractivity contribution in [2.24, 2.45) is 4.99 Å². The molecule has 1 aromatic rings. The molecule has 0 unspecified atom stereocenters. The molecule has 1 N–H and O–H groups in total. The highest BCUT2D eigenvalue weighted by Gasteiger charge is 2.50. The van der Waals surface area contributed by atoms with Crippen molar-refractivity contribution < 1.29 is 32.2 Å². The van der Waals surface area contributed by atoms with Crippen LogP contribution in [0.4, 0.5) is 10.5 Å². The molecule has 2 atom stereocenters. The van der Waals surface area contributed by atoms with Gasteiger partial charge in [0.15, 0.2) is 26.5 Å². The van der Waals surface area contributed by atoms with Crippen molar-refractivity contribution in [1.29, 1.82) is 0 Å². The van der Waals surface area contributed by atoms with Crippen LogP contribution in [0.15, 0.2) is 21.6 Å². The van der Waals surface area contributed by atoms with Gasteiger partial charge in [-0.3, -0.25) is 4.79 Å². The third kappa shape index (κ3) is 7.04. The molecular formula is C22H30BrN3O7S2. The molecule has 194 valence electrons. The van der Waals surface area contributed by atoms with Gasteiger partial charge in [-0.1, -0.05) is 11.8 Å². The van der Waals surface area contributed by atoms with Crippen LogP contribution in [0.3, 0.4) is 0 Å². The quantitative estimate of drug-likeness (QED) is 0.508. The van der Waals surface area contributed by atoms with Gasteiger partial charge in [-0.25, -0.2) is 13.2 Å². The van der Waals surface area contributed by atoms with Crippen LogP contribution < -0.4 is 19.7 Å². The Labute approximate surface area is 218 Å². The Hall–Kier alpha value is -1.99. The number of amides is 2. The number of carbonyl (C=O) groups is 2. The molecule has 2 saturated heterocycles. The Kier molecular flexibility index (Phi) is 8.64. The van der Waals surface area contributed by atoms with Crippen LogP contribution in [0.5, 0.6) is 11.5 Å². The topological polar surface area (TPSA) is 124 Å². The van der Waals surface area contributed by atoms with E-state index in [4.69, 9.17) is 14.2 Å². The van der Waals surface area contributed by atoms with Crippen molar-refractivity contribution in [3.63, 3.8) is 0 Å². The SMILES string of the molecule is CCOc1cc(Br)c(N2C(=NC(=O)CNC(=O)OC(C)(C)C)S[C@H]3CS(=O)(=O)C[C@@H]32)cc1OCC. The fourth-order valence-electron chi connectivity index (χ4n) is 3.70. The number of aliphatic imine (C=N–C) groups is 1. The maximum atomic E-state index is 12.6. The van der Waals surface area contributed by atoms with E-state index in [-0.39, 0.29) is 23.3 Å². The van der Waals surface area contributed by atoms with Gasteiger partial charge in [0.2, 0.25) is 0 Å². The molecule has 0 radical (unpaired) electrons. The first kappa shape index (κ1) is 27.6. The van der Waals surface area contributed by atoms with Crippen LogP contribution >= 0.6 is 27.7 Å². The molecular weight excluding hydrogens is 562 g/mol. The number of ether oxygens (including phenoxy) is 3. The van der Waals surface area contributed by atoms with Crippen molar-refractivity contribution >= 4 is 60.4 Å². The number of alkyl carbamates (subject to hydrolysis) is 1. The first-order valence-corrected chi connectivity index (χ1v) is 14.7. The predicted molar refractivity (Wildman–Crippen MR) is 139 cm³/mol. The first-order chi connectivity index (χ1) is 16.3. The van der Waals surface area contributed by atoms with E-state index in [0.29, 0.717) is 40.0 Å². The van der Waals surface area contributed by atoms with Gasteiger partial charge < -0.3 is 24.4 Å². The van der Waals surface area contributed by atoms with Crippen LogP contribution in [0.2, 0.25) is 0 Å². The molecule has 0 saturated carbocycles. The van der Waals surface area contributed by atoms with E-state index < -0.39 is 33.5 Å². The predicted octanol–water partition coefficient (Wildman–Crippen LogP) is 3.37. The summed E-state index contributed by atoms with van der Waals surface area (Å²) < 4.78 is 42.0. The van der Waals surface area contributed by atoms with Crippen molar-refractivity contribution in [1.82, 2.24) is 5.32 Å². The molecule has 0 aromatic heterocycles. The van der Waals surface area contributed by atoms with Crippen LogP contribution in [0.1, 0.15) is 34.6 Å².